The summed E-state index contributed by atoms with van der Waals surface area (Å²) >= 11 is 0. The van der Waals surface area contributed by atoms with Crippen molar-refractivity contribution in [2.75, 3.05) is 0 Å². The normalized spacial score (nSPS) is 11.1. The van der Waals surface area contributed by atoms with Gasteiger partial charge in [-0.05, 0) is 144 Å². The fourth-order valence-electron chi connectivity index (χ4n) is 15.9. The number of aryl methyl sites for hydroxylation is 1. The van der Waals surface area contributed by atoms with Crippen molar-refractivity contribution < 1.29 is 78.6 Å². The minimum Gasteiger partial charge on any atom is -0.477 e. The maximum atomic E-state index is 5.99. The van der Waals surface area contributed by atoms with Crippen molar-refractivity contribution in [2.24, 2.45) is 0 Å². The van der Waals surface area contributed by atoms with E-state index in [4.69, 9.17) is 28.3 Å². The number of nitrogens with zero attached hydrogens (tertiary/aromatic N) is 6. The molecule has 0 saturated heterocycles. The molecule has 0 N–H and O–H groups in total. The molecule has 0 amide bonds. The van der Waals surface area contributed by atoms with Gasteiger partial charge in [-0.15, -0.1) is 155 Å². The fourth-order valence-corrected chi connectivity index (χ4v) is 20.8. The number of pyridine rings is 6. The average molecular weight is 2380 g/mol. The molecule has 0 aliphatic rings. The van der Waals surface area contributed by atoms with Crippen LogP contribution in [-0.4, -0.2) is 54.1 Å². The second-order valence-corrected chi connectivity index (χ2v) is 52.1. The number of hydrogen-bond acceptors (Lipinski definition) is 10. The summed E-state index contributed by atoms with van der Waals surface area (Å²) in [6, 6.07) is 143. The predicted molar refractivity (Wildman–Crippen MR) is 567 cm³/mol. The summed E-state index contributed by atoms with van der Waals surface area (Å²) in [5.41, 5.74) is 25.0. The first-order valence-corrected chi connectivity index (χ1v) is 56.0. The van der Waals surface area contributed by atoms with Gasteiger partial charge >= 0.3 is 0 Å². The minimum absolute atomic E-state index is 0. The van der Waals surface area contributed by atoms with Crippen molar-refractivity contribution in [3.63, 3.8) is 0 Å². The van der Waals surface area contributed by atoms with E-state index >= 15 is 0 Å². The molecule has 0 aliphatic carbocycles. The van der Waals surface area contributed by atoms with Crippen LogP contribution in [0.2, 0.25) is 58.9 Å². The number of hydrogen-bond donors (Lipinski definition) is 0. The van der Waals surface area contributed by atoms with Crippen LogP contribution in [-0.2, 0) is 65.7 Å². The molecule has 0 spiro atoms. The Balaban J connectivity index is 0.000000142. The van der Waals surface area contributed by atoms with Crippen molar-refractivity contribution in [1.82, 2.24) is 29.9 Å². The van der Waals surface area contributed by atoms with Gasteiger partial charge in [0.05, 0.1) is 35.4 Å². The van der Waals surface area contributed by atoms with Crippen LogP contribution in [0.1, 0.15) is 31.9 Å². The Labute approximate surface area is 855 Å². The van der Waals surface area contributed by atoms with E-state index in [0.29, 0.717) is 0 Å². The molecule has 13 aromatic carbocycles. The van der Waals surface area contributed by atoms with E-state index in [1.807, 2.05) is 243 Å². The average Bonchev–Trinajstić information content (AvgIpc) is 1.10. The predicted octanol–water partition coefficient (Wildman–Crippen LogP) is 30.9. The Morgan fingerprint density at radius 3 is 1.09 bits per heavy atom. The molecule has 21 aromatic rings. The van der Waals surface area contributed by atoms with Gasteiger partial charge in [-0.1, -0.05) is 343 Å². The Morgan fingerprint density at radius 1 is 0.268 bits per heavy atom. The number of rotatable bonds is 16. The third-order valence-electron chi connectivity index (χ3n) is 22.8. The molecule has 0 bridgehead atoms. The third-order valence-corrected chi connectivity index (χ3v) is 28.9. The van der Waals surface area contributed by atoms with Crippen molar-refractivity contribution >= 4 is 83.7 Å². The van der Waals surface area contributed by atoms with Gasteiger partial charge in [0, 0.05) is 115 Å². The molecule has 138 heavy (non-hydrogen) atoms. The monoisotopic (exact) mass is 2380 g/mol. The molecule has 21 rings (SSSR count). The van der Waals surface area contributed by atoms with Crippen LogP contribution in [0, 0.1) is 43.3 Å². The molecule has 693 valence electrons. The SMILES string of the molecule is CC(C)(C)c1cc(-c2[c-]c(-c3ccccc3)cc(-c3ccccc3)c2)ncc1[Si](C)(C)C.C[Si](C)(C)c1cnc(-c2[c-]ccc(Oc3ccccc3)c2)cc1-c1ccccc1.Cc1cc(-c2[c-]ccc(Oc3ccccc3)c2)ncc1[Si](C)(C)C.[Ir].[Ir].[Ir].[c-]1cc2c(cc1-c1ccccn1)oc1ccccc12.[c-]1cc2c(cc1-c1ccccn1)oc1ccccc12.[c-]1ccccc1-c1ccccn1. The van der Waals surface area contributed by atoms with Crippen molar-refractivity contribution in [3.05, 3.63) is 455 Å². The summed E-state index contributed by atoms with van der Waals surface area (Å²) in [5, 5.41) is 8.65. The number of para-hydroxylation sites is 4. The zero-order chi connectivity index (χ0) is 93.9. The quantitative estimate of drug-likeness (QED) is 0.0683. The molecule has 8 aromatic heterocycles. The van der Waals surface area contributed by atoms with Crippen LogP contribution in [0.5, 0.6) is 23.0 Å². The molecule has 0 aliphatic heterocycles. The number of ether oxygens (including phenoxy) is 2. The van der Waals surface area contributed by atoms with E-state index in [-0.39, 0.29) is 65.7 Å². The molecule has 0 saturated carbocycles. The smallest absolute Gasteiger partial charge is 0.124 e. The van der Waals surface area contributed by atoms with Gasteiger partial charge in [-0.3, -0.25) is 4.98 Å². The molecule has 10 nitrogen and oxygen atoms in total. The molecule has 8 heterocycles. The van der Waals surface area contributed by atoms with E-state index in [1.165, 1.54) is 54.5 Å². The first-order valence-electron chi connectivity index (χ1n) is 45.5. The van der Waals surface area contributed by atoms with Crippen molar-refractivity contribution in [2.45, 2.75) is 92.0 Å². The number of fused-ring (bicyclic) bond motifs is 6. The van der Waals surface area contributed by atoms with Crippen LogP contribution < -0.4 is 25.0 Å². The first kappa shape index (κ1) is 102. The van der Waals surface area contributed by atoms with Gasteiger partial charge in [0.15, 0.2) is 0 Å². The van der Waals surface area contributed by atoms with Crippen LogP contribution in [0.15, 0.2) is 416 Å². The zero-order valence-electron chi connectivity index (χ0n) is 79.5. The Hall–Kier alpha value is -13.4. The molecule has 3 radical (unpaired) electrons. The summed E-state index contributed by atoms with van der Waals surface area (Å²) in [6.07, 6.45) is 11.6. The summed E-state index contributed by atoms with van der Waals surface area (Å²) in [5.74, 6) is 3.22. The van der Waals surface area contributed by atoms with Crippen LogP contribution in [0.3, 0.4) is 0 Å². The van der Waals surface area contributed by atoms with Gasteiger partial charge in [0.1, 0.15) is 22.7 Å². The summed E-state index contributed by atoms with van der Waals surface area (Å²) < 4.78 is 23.6. The standard InChI is InChI=1S/C30H32NSi.C26H24NOSi.C21H22NOSi.2C17H10NO.C11H8N.3Ir/c1-30(2,3)27-20-28(31-21-29(27)32(4,5)6)26-18-24(22-13-9-7-10-14-22)17-25(19-26)23-15-11-8-12-16-23;1-29(2,3)26-19-27-25(18-24(26)20-11-6-4-7-12-20)21-13-10-16-23(17-21)28-22-14-8-5-9-15-22;1-16-13-20(22-15-21(16)24(2,3)4)17-9-8-12-19(14-17)23-18-10-6-5-7-11-18;2*1-2-7-16-13(5-1)14-9-8-12(11-17(14)19-16)15-6-3-4-10-18-15;1-2-6-10(7-3-1)11-8-4-5-9-12-11;;;/h7-18,20-21H,1-6H3;4-12,14-19H,1-3H3;5-8,10-15H,1-4H3;2*1-7,9-11H;1-6,8-9H;;;/q6*-1;;;. The third kappa shape index (κ3) is 26.5. The summed E-state index contributed by atoms with van der Waals surface area (Å²) in [6.45, 7) is 30.4. The fraction of sp³-hybridized carbons (Fsp3) is 0.115. The molecule has 0 atom stereocenters. The van der Waals surface area contributed by atoms with Gasteiger partial charge in [-0.25, -0.2) is 0 Å². The van der Waals surface area contributed by atoms with E-state index in [2.05, 4.69) is 289 Å². The maximum absolute atomic E-state index is 5.99. The topological polar surface area (TPSA) is 122 Å². The maximum Gasteiger partial charge on any atom is 0.124 e. The number of furan rings is 2. The van der Waals surface area contributed by atoms with Crippen molar-refractivity contribution in [1.29, 1.82) is 0 Å². The van der Waals surface area contributed by atoms with Crippen LogP contribution in [0.25, 0.3) is 145 Å². The van der Waals surface area contributed by atoms with E-state index in [0.717, 1.165) is 140 Å². The van der Waals surface area contributed by atoms with E-state index in [9.17, 15) is 0 Å². The summed E-state index contributed by atoms with van der Waals surface area (Å²) in [4.78, 5) is 27.3. The minimum atomic E-state index is -1.54. The zero-order valence-corrected chi connectivity index (χ0v) is 89.7. The largest absolute Gasteiger partial charge is 0.477 e. The second-order valence-electron chi connectivity index (χ2n) is 37.0. The van der Waals surface area contributed by atoms with Gasteiger partial charge in [-0.2, -0.15) is 0 Å². The molecule has 16 heteroatoms. The molecular weight excluding hydrogens is 2270 g/mol. The Bertz CT molecular complexity index is 7270. The van der Waals surface area contributed by atoms with Crippen LogP contribution >= 0.6 is 0 Å². The second kappa shape index (κ2) is 47.1. The van der Waals surface area contributed by atoms with Crippen LogP contribution in [0.4, 0.5) is 0 Å². The summed E-state index contributed by atoms with van der Waals surface area (Å²) in [7, 11) is -4.42. The van der Waals surface area contributed by atoms with Gasteiger partial charge < -0.3 is 43.2 Å². The Morgan fingerprint density at radius 2 is 0.652 bits per heavy atom. The number of benzene rings is 13. The first-order chi connectivity index (χ1) is 65.4. The molecular formula is C122H106Ir3N6O4Si3-6. The Kier molecular flexibility index (Phi) is 34.8. The van der Waals surface area contributed by atoms with Crippen molar-refractivity contribution in [3.8, 4) is 124 Å². The number of aromatic nitrogens is 6. The van der Waals surface area contributed by atoms with E-state index in [1.54, 1.807) is 18.6 Å². The molecule has 0 unspecified atom stereocenters. The van der Waals surface area contributed by atoms with Gasteiger partial charge in [0.25, 0.3) is 0 Å². The van der Waals surface area contributed by atoms with E-state index < -0.39 is 24.2 Å². The van der Waals surface area contributed by atoms with Gasteiger partial charge in [0.2, 0.25) is 0 Å². The molecule has 0 fully saturated rings.